The van der Waals surface area contributed by atoms with Crippen LogP contribution in [0.15, 0.2) is 34.7 Å². The van der Waals surface area contributed by atoms with E-state index in [0.717, 1.165) is 0 Å². The molecule has 2 aliphatic rings. The number of carbonyl (C=O) groups excluding carboxylic acids is 3. The molecule has 0 saturated carbocycles. The second-order valence-corrected chi connectivity index (χ2v) is 9.70. The number of aromatic nitrogens is 2. The fourth-order valence-electron chi connectivity index (χ4n) is 5.49. The molecular weight excluding hydrogens is 498 g/mol. The molecule has 1 saturated heterocycles. The molecule has 4 heterocycles. The monoisotopic (exact) mass is 520 g/mol. The molecule has 2 aliphatic heterocycles. The third-order valence-electron chi connectivity index (χ3n) is 7.36. The Morgan fingerprint density at radius 3 is 2.58 bits per heavy atom. The summed E-state index contributed by atoms with van der Waals surface area (Å²) < 4.78 is 41.0. The topological polar surface area (TPSA) is 118 Å². The maximum absolute atomic E-state index is 15.2. The number of fused-ring (bicyclic) bond motifs is 2. The highest BCUT2D eigenvalue weighted by molar-refractivity contribution is 6.10. The molecule has 38 heavy (non-hydrogen) atoms. The SMILES string of the molecule is COc1ccc2c(c1F)C(=O)N(C[C@@]1(c3cc4cc(-c5c(C)n[nH]c5C)c(F)cc4o3)CC(=O)NC1=O)C2. The molecule has 2 aromatic carbocycles. The van der Waals surface area contributed by atoms with Crippen LogP contribution in [0.4, 0.5) is 8.78 Å². The molecule has 0 unspecified atom stereocenters. The van der Waals surface area contributed by atoms with Crippen molar-refractivity contribution in [2.24, 2.45) is 0 Å². The lowest BCUT2D eigenvalue weighted by molar-refractivity contribution is -0.127. The Morgan fingerprint density at radius 2 is 1.92 bits per heavy atom. The largest absolute Gasteiger partial charge is 0.494 e. The van der Waals surface area contributed by atoms with Gasteiger partial charge in [-0.1, -0.05) is 6.07 Å². The minimum Gasteiger partial charge on any atom is -0.494 e. The molecular formula is C27H22F2N4O5. The van der Waals surface area contributed by atoms with Crippen LogP contribution in [0, 0.1) is 25.5 Å². The van der Waals surface area contributed by atoms with Crippen LogP contribution in [0.2, 0.25) is 0 Å². The summed E-state index contributed by atoms with van der Waals surface area (Å²) >= 11 is 0. The van der Waals surface area contributed by atoms with Crippen LogP contribution in [-0.4, -0.2) is 46.5 Å². The fraction of sp³-hybridized carbons (Fsp3) is 0.259. The summed E-state index contributed by atoms with van der Waals surface area (Å²) in [4.78, 5) is 40.1. The summed E-state index contributed by atoms with van der Waals surface area (Å²) in [6.45, 7) is 3.34. The average Bonchev–Trinajstić information content (AvgIpc) is 3.59. The third-order valence-corrected chi connectivity index (χ3v) is 7.36. The molecule has 0 radical (unpaired) electrons. The molecule has 1 atom stereocenters. The van der Waals surface area contributed by atoms with Gasteiger partial charge in [0.1, 0.15) is 22.6 Å². The smallest absolute Gasteiger partial charge is 0.257 e. The molecule has 2 aromatic heterocycles. The van der Waals surface area contributed by atoms with Crippen LogP contribution >= 0.6 is 0 Å². The van der Waals surface area contributed by atoms with Gasteiger partial charge in [0.25, 0.3) is 5.91 Å². The van der Waals surface area contributed by atoms with Gasteiger partial charge in [-0.3, -0.25) is 24.8 Å². The van der Waals surface area contributed by atoms with E-state index in [4.69, 9.17) is 9.15 Å². The number of halogens is 2. The van der Waals surface area contributed by atoms with Crippen molar-refractivity contribution in [3.63, 3.8) is 0 Å². The molecule has 11 heteroatoms. The third kappa shape index (κ3) is 3.34. The summed E-state index contributed by atoms with van der Waals surface area (Å²) in [7, 11) is 1.30. The first-order valence-electron chi connectivity index (χ1n) is 11.9. The van der Waals surface area contributed by atoms with E-state index in [1.54, 1.807) is 32.0 Å². The van der Waals surface area contributed by atoms with Gasteiger partial charge >= 0.3 is 0 Å². The number of nitrogens with one attached hydrogen (secondary N) is 2. The van der Waals surface area contributed by atoms with Crippen LogP contribution < -0.4 is 10.1 Å². The first-order valence-corrected chi connectivity index (χ1v) is 11.9. The maximum Gasteiger partial charge on any atom is 0.257 e. The van der Waals surface area contributed by atoms with E-state index in [2.05, 4.69) is 15.5 Å². The zero-order chi connectivity index (χ0) is 26.9. The van der Waals surface area contributed by atoms with Crippen molar-refractivity contribution in [3.05, 3.63) is 70.2 Å². The van der Waals surface area contributed by atoms with E-state index in [1.807, 2.05) is 0 Å². The Morgan fingerprint density at radius 1 is 1.13 bits per heavy atom. The summed E-state index contributed by atoms with van der Waals surface area (Å²) in [6.07, 6.45) is -0.285. The summed E-state index contributed by atoms with van der Waals surface area (Å²) in [5.74, 6) is -3.10. The normalized spacial score (nSPS) is 19.0. The van der Waals surface area contributed by atoms with Crippen molar-refractivity contribution in [1.29, 1.82) is 0 Å². The number of carbonyl (C=O) groups is 3. The molecule has 2 N–H and O–H groups in total. The minimum absolute atomic E-state index is 0.0380. The van der Waals surface area contributed by atoms with E-state index in [1.165, 1.54) is 24.1 Å². The number of hydrogen-bond acceptors (Lipinski definition) is 6. The number of rotatable bonds is 5. The number of H-pyrrole nitrogens is 1. The Labute approximate surface area is 214 Å². The number of amides is 3. The van der Waals surface area contributed by atoms with Gasteiger partial charge in [0, 0.05) is 41.4 Å². The Hall–Kier alpha value is -4.54. The Balaban J connectivity index is 1.43. The van der Waals surface area contributed by atoms with E-state index < -0.39 is 34.8 Å². The molecule has 194 valence electrons. The van der Waals surface area contributed by atoms with Crippen molar-refractivity contribution in [2.75, 3.05) is 13.7 Å². The van der Waals surface area contributed by atoms with Crippen molar-refractivity contribution < 1.29 is 32.3 Å². The number of benzene rings is 2. The molecule has 0 aliphatic carbocycles. The highest BCUT2D eigenvalue weighted by atomic mass is 19.1. The van der Waals surface area contributed by atoms with Gasteiger partial charge in [-0.05, 0) is 37.6 Å². The second kappa shape index (κ2) is 8.23. The van der Waals surface area contributed by atoms with Gasteiger partial charge in [-0.2, -0.15) is 5.10 Å². The second-order valence-electron chi connectivity index (χ2n) is 9.70. The number of aromatic amines is 1. The lowest BCUT2D eigenvalue weighted by Crippen LogP contribution is -2.46. The van der Waals surface area contributed by atoms with Crippen molar-refractivity contribution >= 4 is 28.7 Å². The zero-order valence-electron chi connectivity index (χ0n) is 20.7. The van der Waals surface area contributed by atoms with Gasteiger partial charge in [0.15, 0.2) is 11.6 Å². The number of methoxy groups -OCH3 is 1. The summed E-state index contributed by atoms with van der Waals surface area (Å²) in [5, 5.41) is 9.77. The van der Waals surface area contributed by atoms with Gasteiger partial charge in [-0.15, -0.1) is 0 Å². The number of furan rings is 1. The standard InChI is InChI=1S/C27H22F2N4O5/c1-12-22(13(2)32-31-12)16-6-15-7-20(38-19(15)8-17(16)28)27(9-21(34)30-26(27)36)11-33-10-14-4-5-18(37-3)24(29)23(14)25(33)35/h4-8H,9-11H2,1-3H3,(H,31,32)(H,30,34,36)/t27-/m1/s1. The van der Waals surface area contributed by atoms with Gasteiger partial charge in [0.2, 0.25) is 11.8 Å². The van der Waals surface area contributed by atoms with Gasteiger partial charge in [-0.25, -0.2) is 8.78 Å². The first kappa shape index (κ1) is 23.8. The molecule has 6 rings (SSSR count). The van der Waals surface area contributed by atoms with E-state index in [9.17, 15) is 18.8 Å². The number of imide groups is 1. The van der Waals surface area contributed by atoms with E-state index in [0.29, 0.717) is 33.5 Å². The summed E-state index contributed by atoms with van der Waals surface area (Å²) in [6, 6.07) is 7.43. The minimum atomic E-state index is -1.58. The maximum atomic E-state index is 15.2. The Kier molecular flexibility index (Phi) is 5.17. The number of nitrogens with zero attached hydrogens (tertiary/aromatic N) is 2. The summed E-state index contributed by atoms with van der Waals surface area (Å²) in [5.41, 5.74) is 1.15. The number of ether oxygens (including phenoxy) is 1. The highest BCUT2D eigenvalue weighted by Gasteiger charge is 2.53. The van der Waals surface area contributed by atoms with Crippen molar-refractivity contribution in [3.8, 4) is 16.9 Å². The molecule has 4 aromatic rings. The van der Waals surface area contributed by atoms with Crippen LogP contribution in [0.1, 0.15) is 39.5 Å². The van der Waals surface area contributed by atoms with Gasteiger partial charge in [0.05, 0.1) is 24.8 Å². The van der Waals surface area contributed by atoms with Crippen molar-refractivity contribution in [2.45, 2.75) is 32.2 Å². The average molecular weight is 520 g/mol. The predicted octanol–water partition coefficient (Wildman–Crippen LogP) is 3.67. The van der Waals surface area contributed by atoms with Crippen LogP contribution in [0.3, 0.4) is 0 Å². The van der Waals surface area contributed by atoms with Gasteiger partial charge < -0.3 is 14.1 Å². The predicted molar refractivity (Wildman–Crippen MR) is 130 cm³/mol. The van der Waals surface area contributed by atoms with Crippen LogP contribution in [0.5, 0.6) is 5.75 Å². The number of aryl methyl sites for hydroxylation is 2. The van der Waals surface area contributed by atoms with E-state index in [-0.39, 0.29) is 42.2 Å². The quantitative estimate of drug-likeness (QED) is 0.388. The lowest BCUT2D eigenvalue weighted by Gasteiger charge is -2.28. The molecule has 3 amide bonds. The van der Waals surface area contributed by atoms with Crippen LogP contribution in [0.25, 0.3) is 22.1 Å². The zero-order valence-corrected chi connectivity index (χ0v) is 20.7. The highest BCUT2D eigenvalue weighted by Crippen LogP contribution is 2.41. The fourth-order valence-corrected chi connectivity index (χ4v) is 5.49. The molecule has 1 fully saturated rings. The van der Waals surface area contributed by atoms with Crippen LogP contribution in [-0.2, 0) is 21.5 Å². The number of hydrogen-bond donors (Lipinski definition) is 2. The molecule has 0 bridgehead atoms. The lowest BCUT2D eigenvalue weighted by atomic mass is 9.82. The molecule has 9 nitrogen and oxygen atoms in total. The Bertz CT molecular complexity index is 1670. The van der Waals surface area contributed by atoms with Crippen molar-refractivity contribution in [1.82, 2.24) is 20.4 Å². The first-order chi connectivity index (χ1) is 18.1. The van der Waals surface area contributed by atoms with E-state index >= 15 is 4.39 Å². The molecule has 0 spiro atoms.